The van der Waals surface area contributed by atoms with Crippen LogP contribution in [0.2, 0.25) is 0 Å². The van der Waals surface area contributed by atoms with Crippen LogP contribution in [0.4, 0.5) is 0 Å². The summed E-state index contributed by atoms with van der Waals surface area (Å²) in [6.45, 7) is 3.96. The minimum absolute atomic E-state index is 0.0535. The predicted molar refractivity (Wildman–Crippen MR) is 82.1 cm³/mol. The van der Waals surface area contributed by atoms with Gasteiger partial charge >= 0.3 is 0 Å². The first-order valence-electron chi connectivity index (χ1n) is 7.61. The maximum atomic E-state index is 12.9. The van der Waals surface area contributed by atoms with E-state index in [0.29, 0.717) is 24.3 Å². The molecule has 2 aliphatic rings. The van der Waals surface area contributed by atoms with E-state index in [1.807, 2.05) is 13.8 Å². The van der Waals surface area contributed by atoms with Crippen molar-refractivity contribution < 1.29 is 9.59 Å². The Morgan fingerprint density at radius 1 is 1.20 bits per heavy atom. The van der Waals surface area contributed by atoms with Gasteiger partial charge in [-0.05, 0) is 25.7 Å². The molecule has 2 fully saturated rings. The van der Waals surface area contributed by atoms with Gasteiger partial charge in [0.15, 0.2) is 0 Å². The molecular weight excluding hydrogens is 272 g/mol. The number of carbonyl (C=O) groups excluding carboxylic acids is 2. The highest BCUT2D eigenvalue weighted by atomic mass is 32.1. The molecule has 112 valence electrons. The van der Waals surface area contributed by atoms with Crippen molar-refractivity contribution >= 4 is 29.0 Å². The second kappa shape index (κ2) is 5.43. The molecular formula is C15H24N2O2S. The molecule has 1 saturated carbocycles. The standard InChI is InChI=1S/C15H24N2O2S/c1-3-14(4-2)10-11(18)17(13(14)19)15(12(16)20)8-6-5-7-9-15/h3-10H2,1-2H3,(H2,16,20). The molecule has 0 unspecified atom stereocenters. The van der Waals surface area contributed by atoms with E-state index in [4.69, 9.17) is 18.0 Å². The Morgan fingerprint density at radius 2 is 1.75 bits per heavy atom. The summed E-state index contributed by atoms with van der Waals surface area (Å²) in [5, 5.41) is 0. The van der Waals surface area contributed by atoms with E-state index in [0.717, 1.165) is 32.1 Å². The number of nitrogens with zero attached hydrogens (tertiary/aromatic N) is 1. The van der Waals surface area contributed by atoms with Crippen LogP contribution in [0.3, 0.4) is 0 Å². The molecule has 1 heterocycles. The summed E-state index contributed by atoms with van der Waals surface area (Å²) in [6.07, 6.45) is 6.21. The Hall–Kier alpha value is -0.970. The normalized spacial score (nSPS) is 25.0. The number of hydrogen-bond donors (Lipinski definition) is 1. The van der Waals surface area contributed by atoms with Crippen molar-refractivity contribution in [2.45, 2.75) is 70.8 Å². The Bertz CT molecular complexity index is 437. The summed E-state index contributed by atoms with van der Waals surface area (Å²) >= 11 is 5.25. The number of likely N-dealkylation sites (tertiary alicyclic amines) is 1. The zero-order valence-electron chi connectivity index (χ0n) is 12.4. The van der Waals surface area contributed by atoms with Gasteiger partial charge in [0, 0.05) is 6.42 Å². The van der Waals surface area contributed by atoms with Gasteiger partial charge < -0.3 is 5.73 Å². The lowest BCUT2D eigenvalue weighted by molar-refractivity contribution is -0.147. The van der Waals surface area contributed by atoms with Crippen molar-refractivity contribution in [3.8, 4) is 0 Å². The number of amides is 2. The van der Waals surface area contributed by atoms with Crippen LogP contribution in [0, 0.1) is 5.41 Å². The molecule has 0 radical (unpaired) electrons. The van der Waals surface area contributed by atoms with Crippen LogP contribution in [0.25, 0.3) is 0 Å². The molecule has 20 heavy (non-hydrogen) atoms. The van der Waals surface area contributed by atoms with Gasteiger partial charge in [-0.15, -0.1) is 0 Å². The van der Waals surface area contributed by atoms with Crippen LogP contribution >= 0.6 is 12.2 Å². The largest absolute Gasteiger partial charge is 0.391 e. The topological polar surface area (TPSA) is 63.4 Å². The Balaban J connectivity index is 2.42. The third kappa shape index (κ3) is 2.07. The van der Waals surface area contributed by atoms with E-state index in [1.165, 1.54) is 4.90 Å². The van der Waals surface area contributed by atoms with Crippen LogP contribution in [0.1, 0.15) is 65.2 Å². The van der Waals surface area contributed by atoms with Crippen LogP contribution in [-0.2, 0) is 9.59 Å². The van der Waals surface area contributed by atoms with Crippen molar-refractivity contribution in [2.75, 3.05) is 0 Å². The van der Waals surface area contributed by atoms with Crippen LogP contribution in [-0.4, -0.2) is 27.2 Å². The smallest absolute Gasteiger partial charge is 0.236 e. The highest BCUT2D eigenvalue weighted by Gasteiger charge is 2.57. The van der Waals surface area contributed by atoms with E-state index >= 15 is 0 Å². The SMILES string of the molecule is CCC1(CC)CC(=O)N(C2(C(N)=S)CCCCC2)C1=O. The second-order valence-electron chi connectivity index (χ2n) is 6.16. The van der Waals surface area contributed by atoms with Crippen LogP contribution < -0.4 is 5.73 Å². The molecule has 2 amide bonds. The molecule has 5 heteroatoms. The number of hydrogen-bond acceptors (Lipinski definition) is 3. The quantitative estimate of drug-likeness (QED) is 0.639. The number of nitrogens with two attached hydrogens (primary N) is 1. The minimum atomic E-state index is -0.701. The first-order valence-corrected chi connectivity index (χ1v) is 8.02. The van der Waals surface area contributed by atoms with Gasteiger partial charge in [0.1, 0.15) is 5.54 Å². The van der Waals surface area contributed by atoms with Gasteiger partial charge in [-0.3, -0.25) is 14.5 Å². The van der Waals surface area contributed by atoms with E-state index in [1.54, 1.807) is 0 Å². The van der Waals surface area contributed by atoms with Crippen molar-refractivity contribution in [3.05, 3.63) is 0 Å². The zero-order valence-corrected chi connectivity index (χ0v) is 13.2. The first kappa shape index (κ1) is 15.4. The van der Waals surface area contributed by atoms with Crippen molar-refractivity contribution in [2.24, 2.45) is 11.1 Å². The molecule has 0 spiro atoms. The molecule has 0 aromatic rings. The van der Waals surface area contributed by atoms with E-state index < -0.39 is 11.0 Å². The Morgan fingerprint density at radius 3 is 2.15 bits per heavy atom. The lowest BCUT2D eigenvalue weighted by Crippen LogP contribution is -2.60. The van der Waals surface area contributed by atoms with Gasteiger partial charge in [0.25, 0.3) is 0 Å². The fourth-order valence-electron chi connectivity index (χ4n) is 3.75. The van der Waals surface area contributed by atoms with Crippen molar-refractivity contribution in [1.29, 1.82) is 0 Å². The summed E-state index contributed by atoms with van der Waals surface area (Å²) in [5.74, 6) is -0.143. The number of carbonyl (C=O) groups is 2. The number of thiocarbonyl (C=S) groups is 1. The van der Waals surface area contributed by atoms with Crippen LogP contribution in [0.5, 0.6) is 0 Å². The van der Waals surface area contributed by atoms with E-state index in [9.17, 15) is 9.59 Å². The molecule has 4 nitrogen and oxygen atoms in total. The number of imide groups is 1. The molecule has 2 rings (SSSR count). The highest BCUT2D eigenvalue weighted by molar-refractivity contribution is 7.80. The maximum absolute atomic E-state index is 12.9. The fraction of sp³-hybridized carbons (Fsp3) is 0.800. The summed E-state index contributed by atoms with van der Waals surface area (Å²) < 4.78 is 0. The maximum Gasteiger partial charge on any atom is 0.236 e. The van der Waals surface area contributed by atoms with E-state index in [-0.39, 0.29) is 11.8 Å². The van der Waals surface area contributed by atoms with Crippen molar-refractivity contribution in [3.63, 3.8) is 0 Å². The minimum Gasteiger partial charge on any atom is -0.391 e. The second-order valence-corrected chi connectivity index (χ2v) is 6.59. The molecule has 0 aromatic carbocycles. The summed E-state index contributed by atoms with van der Waals surface area (Å²) in [6, 6.07) is 0. The van der Waals surface area contributed by atoms with Gasteiger partial charge in [-0.25, -0.2) is 0 Å². The molecule has 1 aliphatic heterocycles. The molecule has 0 atom stereocenters. The zero-order chi connectivity index (χ0) is 15.0. The van der Waals surface area contributed by atoms with Crippen LogP contribution in [0.15, 0.2) is 0 Å². The lowest BCUT2D eigenvalue weighted by atomic mass is 9.78. The highest BCUT2D eigenvalue weighted by Crippen LogP contribution is 2.45. The molecule has 1 aliphatic carbocycles. The third-order valence-electron chi connectivity index (χ3n) is 5.32. The summed E-state index contributed by atoms with van der Waals surface area (Å²) in [7, 11) is 0. The first-order chi connectivity index (χ1) is 9.43. The van der Waals surface area contributed by atoms with Gasteiger partial charge in [0.05, 0.1) is 10.4 Å². The van der Waals surface area contributed by atoms with Crippen molar-refractivity contribution in [1.82, 2.24) is 4.90 Å². The van der Waals surface area contributed by atoms with Gasteiger partial charge in [-0.2, -0.15) is 0 Å². The lowest BCUT2D eigenvalue weighted by Gasteiger charge is -2.43. The molecule has 0 aromatic heterocycles. The Labute approximate surface area is 126 Å². The average Bonchev–Trinajstić information content (AvgIpc) is 2.71. The Kier molecular flexibility index (Phi) is 4.19. The molecule has 2 N–H and O–H groups in total. The van der Waals surface area contributed by atoms with E-state index in [2.05, 4.69) is 0 Å². The summed E-state index contributed by atoms with van der Waals surface area (Å²) in [5.41, 5.74) is 4.73. The van der Waals surface area contributed by atoms with Gasteiger partial charge in [-0.1, -0.05) is 45.3 Å². The predicted octanol–water partition coefficient (Wildman–Crippen LogP) is 2.54. The fourth-order valence-corrected chi connectivity index (χ4v) is 4.04. The molecule has 0 bridgehead atoms. The molecule has 1 saturated heterocycles. The third-order valence-corrected chi connectivity index (χ3v) is 5.70. The van der Waals surface area contributed by atoms with Gasteiger partial charge in [0.2, 0.25) is 11.8 Å². The monoisotopic (exact) mass is 296 g/mol. The average molecular weight is 296 g/mol. The number of rotatable bonds is 4. The summed E-state index contributed by atoms with van der Waals surface area (Å²) in [4.78, 5) is 27.2.